The van der Waals surface area contributed by atoms with Gasteiger partial charge in [0.2, 0.25) is 0 Å². The van der Waals surface area contributed by atoms with E-state index in [1.807, 2.05) is 12.1 Å². The molecule has 1 saturated heterocycles. The Labute approximate surface area is 128 Å². The lowest BCUT2D eigenvalue weighted by atomic mass is 10.1. The van der Waals surface area contributed by atoms with Gasteiger partial charge in [0.25, 0.3) is 0 Å². The van der Waals surface area contributed by atoms with E-state index in [0.29, 0.717) is 0 Å². The van der Waals surface area contributed by atoms with Crippen molar-refractivity contribution in [3.8, 4) is 0 Å². The number of aryl methyl sites for hydroxylation is 1. The van der Waals surface area contributed by atoms with E-state index in [0.717, 1.165) is 13.1 Å². The summed E-state index contributed by atoms with van der Waals surface area (Å²) in [5, 5.41) is 0. The summed E-state index contributed by atoms with van der Waals surface area (Å²) in [4.78, 5) is 5.07. The molecule has 0 spiro atoms. The van der Waals surface area contributed by atoms with Gasteiger partial charge in [0, 0.05) is 31.9 Å². The van der Waals surface area contributed by atoms with E-state index in [1.54, 1.807) is 0 Å². The average molecular weight is 279 g/mol. The summed E-state index contributed by atoms with van der Waals surface area (Å²) in [5.74, 6) is 0. The lowest BCUT2D eigenvalue weighted by Gasteiger charge is -2.36. The highest BCUT2D eigenvalue weighted by Crippen LogP contribution is 2.15. The first-order valence-corrected chi connectivity index (χ1v) is 7.89. The molecule has 2 aromatic rings. The Morgan fingerprint density at radius 3 is 2.29 bits per heavy atom. The fourth-order valence-electron chi connectivity index (χ4n) is 2.97. The van der Waals surface area contributed by atoms with Crippen molar-refractivity contribution >= 4 is 5.69 Å². The Balaban J connectivity index is 1.40. The zero-order valence-electron chi connectivity index (χ0n) is 12.5. The lowest BCUT2D eigenvalue weighted by Crippen LogP contribution is -2.46. The lowest BCUT2D eigenvalue weighted by molar-refractivity contribution is 0.255. The quantitative estimate of drug-likeness (QED) is 0.829. The molecule has 0 N–H and O–H groups in total. The number of piperazine rings is 1. The Morgan fingerprint density at radius 2 is 1.57 bits per heavy atom. The van der Waals surface area contributed by atoms with Gasteiger partial charge in [-0.2, -0.15) is 0 Å². The first kappa shape index (κ1) is 14.2. The molecule has 0 unspecified atom stereocenters. The number of benzene rings is 2. The number of nitrogens with zero attached hydrogens (tertiary/aromatic N) is 2. The maximum atomic E-state index is 3.09. The third-order valence-corrected chi connectivity index (χ3v) is 4.22. The van der Waals surface area contributed by atoms with Crippen molar-refractivity contribution in [1.82, 2.24) is 4.90 Å². The van der Waals surface area contributed by atoms with Crippen molar-refractivity contribution in [3.63, 3.8) is 0 Å². The summed E-state index contributed by atoms with van der Waals surface area (Å²) < 4.78 is 0. The predicted octanol–water partition coefficient (Wildman–Crippen LogP) is 3.24. The van der Waals surface area contributed by atoms with Crippen LogP contribution >= 0.6 is 0 Å². The highest BCUT2D eigenvalue weighted by molar-refractivity contribution is 5.46. The van der Waals surface area contributed by atoms with Crippen molar-refractivity contribution in [2.75, 3.05) is 37.6 Å². The van der Waals surface area contributed by atoms with Gasteiger partial charge in [-0.15, -0.1) is 0 Å². The molecule has 3 rings (SSSR count). The second-order valence-electron chi connectivity index (χ2n) is 5.68. The summed E-state index contributed by atoms with van der Waals surface area (Å²) in [7, 11) is 0. The number of rotatable bonds is 5. The molecule has 0 amide bonds. The summed E-state index contributed by atoms with van der Waals surface area (Å²) in [5.41, 5.74) is 2.79. The normalized spacial score (nSPS) is 16.1. The predicted molar refractivity (Wildman–Crippen MR) is 88.7 cm³/mol. The topological polar surface area (TPSA) is 6.48 Å². The standard InChI is InChI=1S/C19H23N2/c1-3-8-18(9-4-1)10-7-13-20-14-16-21(17-15-20)19-11-5-2-6-12-19/h1,3-6,8-9,11-12H,7,10,13-17H2. The maximum absolute atomic E-state index is 3.09. The molecule has 0 saturated carbocycles. The van der Waals surface area contributed by atoms with Crippen LogP contribution in [0.1, 0.15) is 12.0 Å². The van der Waals surface area contributed by atoms with Gasteiger partial charge in [0.15, 0.2) is 0 Å². The molecule has 2 aromatic carbocycles. The molecule has 1 radical (unpaired) electrons. The Kier molecular flexibility index (Phi) is 4.90. The monoisotopic (exact) mass is 279 g/mol. The third kappa shape index (κ3) is 4.08. The van der Waals surface area contributed by atoms with Gasteiger partial charge in [-0.3, -0.25) is 4.90 Å². The minimum atomic E-state index is 1.13. The molecule has 0 atom stereocenters. The van der Waals surface area contributed by atoms with Gasteiger partial charge in [0.1, 0.15) is 0 Å². The van der Waals surface area contributed by atoms with E-state index < -0.39 is 0 Å². The van der Waals surface area contributed by atoms with Crippen LogP contribution in [0.25, 0.3) is 0 Å². The summed E-state index contributed by atoms with van der Waals surface area (Å²) in [6.07, 6.45) is 2.44. The molecular weight excluding hydrogens is 256 g/mol. The molecule has 1 aliphatic heterocycles. The zero-order valence-corrected chi connectivity index (χ0v) is 12.5. The van der Waals surface area contributed by atoms with Crippen LogP contribution in [0.4, 0.5) is 5.69 Å². The van der Waals surface area contributed by atoms with E-state index in [4.69, 9.17) is 0 Å². The van der Waals surface area contributed by atoms with Crippen molar-refractivity contribution in [1.29, 1.82) is 0 Å². The van der Waals surface area contributed by atoms with E-state index in [2.05, 4.69) is 58.3 Å². The highest BCUT2D eigenvalue weighted by Gasteiger charge is 2.16. The second-order valence-corrected chi connectivity index (χ2v) is 5.68. The van der Waals surface area contributed by atoms with Crippen molar-refractivity contribution in [2.24, 2.45) is 0 Å². The summed E-state index contributed by atoms with van der Waals surface area (Å²) >= 11 is 0. The Morgan fingerprint density at radius 1 is 0.857 bits per heavy atom. The minimum Gasteiger partial charge on any atom is -0.369 e. The molecule has 0 aliphatic carbocycles. The van der Waals surface area contributed by atoms with Crippen LogP contribution in [0.15, 0.2) is 54.6 Å². The van der Waals surface area contributed by atoms with Gasteiger partial charge >= 0.3 is 0 Å². The second kappa shape index (κ2) is 7.28. The zero-order chi connectivity index (χ0) is 14.3. The van der Waals surface area contributed by atoms with Gasteiger partial charge in [0.05, 0.1) is 0 Å². The number of hydrogen-bond donors (Lipinski definition) is 0. The van der Waals surface area contributed by atoms with Crippen LogP contribution in [0, 0.1) is 6.07 Å². The van der Waals surface area contributed by atoms with Crippen molar-refractivity contribution < 1.29 is 0 Å². The Hall–Kier alpha value is -1.80. The van der Waals surface area contributed by atoms with Crippen LogP contribution in [0.3, 0.4) is 0 Å². The largest absolute Gasteiger partial charge is 0.369 e. The fraction of sp³-hybridized carbons (Fsp3) is 0.368. The van der Waals surface area contributed by atoms with E-state index in [1.165, 1.54) is 43.7 Å². The van der Waals surface area contributed by atoms with Crippen molar-refractivity contribution in [2.45, 2.75) is 12.8 Å². The highest BCUT2D eigenvalue weighted by atomic mass is 15.3. The van der Waals surface area contributed by atoms with E-state index in [-0.39, 0.29) is 0 Å². The van der Waals surface area contributed by atoms with Gasteiger partial charge in [-0.25, -0.2) is 0 Å². The number of hydrogen-bond acceptors (Lipinski definition) is 2. The Bertz CT molecular complexity index is 513. The van der Waals surface area contributed by atoms with Gasteiger partial charge in [-0.05, 0) is 43.1 Å². The van der Waals surface area contributed by atoms with Crippen LogP contribution in [-0.2, 0) is 6.42 Å². The fourth-order valence-corrected chi connectivity index (χ4v) is 2.97. The smallest absolute Gasteiger partial charge is 0.0367 e. The summed E-state index contributed by atoms with van der Waals surface area (Å²) in [6, 6.07) is 22.2. The molecule has 2 heteroatoms. The van der Waals surface area contributed by atoms with Crippen molar-refractivity contribution in [3.05, 3.63) is 66.2 Å². The van der Waals surface area contributed by atoms with Crippen LogP contribution < -0.4 is 4.90 Å². The average Bonchev–Trinajstić information content (AvgIpc) is 2.57. The molecule has 1 heterocycles. The SMILES string of the molecule is [c]1ccc(N2CCN(CCCc3ccccc3)CC2)cc1. The van der Waals surface area contributed by atoms with E-state index in [9.17, 15) is 0 Å². The van der Waals surface area contributed by atoms with Crippen LogP contribution in [0.5, 0.6) is 0 Å². The van der Waals surface area contributed by atoms with Crippen LogP contribution in [-0.4, -0.2) is 37.6 Å². The molecule has 2 nitrogen and oxygen atoms in total. The van der Waals surface area contributed by atoms with Gasteiger partial charge in [-0.1, -0.05) is 42.5 Å². The molecule has 1 aliphatic rings. The molecule has 1 fully saturated rings. The first-order chi connectivity index (χ1) is 10.4. The number of anilines is 1. The molecule has 0 bridgehead atoms. The van der Waals surface area contributed by atoms with Gasteiger partial charge < -0.3 is 4.90 Å². The molecular formula is C19H23N2. The first-order valence-electron chi connectivity index (χ1n) is 7.89. The molecule has 0 aromatic heterocycles. The van der Waals surface area contributed by atoms with Crippen LogP contribution in [0.2, 0.25) is 0 Å². The minimum absolute atomic E-state index is 1.13. The molecule has 21 heavy (non-hydrogen) atoms. The third-order valence-electron chi connectivity index (χ3n) is 4.22. The van der Waals surface area contributed by atoms with E-state index >= 15 is 0 Å². The molecule has 109 valence electrons. The maximum Gasteiger partial charge on any atom is 0.0367 e. The summed E-state index contributed by atoms with van der Waals surface area (Å²) in [6.45, 7) is 5.83.